The molecule has 0 bridgehead atoms. The molecule has 0 radical (unpaired) electrons. The number of hydrogen-bond donors (Lipinski definition) is 2. The van der Waals surface area contributed by atoms with Crippen LogP contribution in [0.3, 0.4) is 0 Å². The quantitative estimate of drug-likeness (QED) is 0.687. The van der Waals surface area contributed by atoms with Crippen molar-refractivity contribution < 1.29 is 18.9 Å². The first kappa shape index (κ1) is 15.0. The molecule has 0 rings (SSSR count). The molecule has 0 aliphatic heterocycles. The van der Waals surface area contributed by atoms with Crippen molar-refractivity contribution in [3.63, 3.8) is 0 Å². The molecule has 12 heavy (non-hydrogen) atoms. The van der Waals surface area contributed by atoms with Gasteiger partial charge in [0.25, 0.3) is 0 Å². The molecule has 0 atom stereocenters. The maximum atomic E-state index is 9.70. The molecule has 0 fully saturated rings. The Morgan fingerprint density at radius 3 is 1.50 bits per heavy atom. The predicted molar refractivity (Wildman–Crippen MR) is 55.7 cm³/mol. The molecule has 0 aromatic carbocycles. The van der Waals surface area contributed by atoms with Gasteiger partial charge in [0.1, 0.15) is 0 Å². The van der Waals surface area contributed by atoms with Crippen LogP contribution in [0.15, 0.2) is 0 Å². The van der Waals surface area contributed by atoms with Gasteiger partial charge in [0, 0.05) is 0 Å². The second kappa shape index (κ2) is 6.06. The molecule has 0 aliphatic rings. The summed E-state index contributed by atoms with van der Waals surface area (Å²) in [5, 5.41) is 0. The normalized spacial score (nSPS) is 13.2. The van der Waals surface area contributed by atoms with E-state index in [1.165, 1.54) is 6.92 Å². The summed E-state index contributed by atoms with van der Waals surface area (Å²) in [6.07, 6.45) is 0. The molecule has 6 heteroatoms. The molecule has 0 saturated carbocycles. The van der Waals surface area contributed by atoms with Gasteiger partial charge in [0.2, 0.25) is 0 Å². The Bertz CT molecular complexity index is 140. The van der Waals surface area contributed by atoms with Crippen LogP contribution in [-0.2, 0) is 9.09 Å². The van der Waals surface area contributed by atoms with Crippen LogP contribution in [-0.4, -0.2) is 43.1 Å². The Hall–Kier alpha value is 0.540. The fourth-order valence-electron chi connectivity index (χ4n) is 0.168. The van der Waals surface area contributed by atoms with Gasteiger partial charge in [-0.3, -0.25) is 4.52 Å². The van der Waals surface area contributed by atoms with Gasteiger partial charge in [-0.25, -0.2) is 4.57 Å². The summed E-state index contributed by atoms with van der Waals surface area (Å²) in [5.74, 6) is 0. The Morgan fingerprint density at radius 2 is 1.50 bits per heavy atom. The van der Waals surface area contributed by atoms with Crippen LogP contribution in [0, 0.1) is 0 Å². The van der Waals surface area contributed by atoms with Gasteiger partial charge in [0.05, 0.1) is 6.61 Å². The third-order valence-electron chi connectivity index (χ3n) is 0.297. The first-order valence-corrected chi connectivity index (χ1v) is 9.29. The molecular formula is C6H20O4P2. The minimum absolute atomic E-state index is 0.0459. The number of hydrogen-bond acceptors (Lipinski definition) is 2. The van der Waals surface area contributed by atoms with Crippen molar-refractivity contribution in [3.8, 4) is 0 Å². The molecule has 2 N–H and O–H groups in total. The second-order valence-electron chi connectivity index (χ2n) is 3.91. The minimum atomic E-state index is -4.17. The van der Waals surface area contributed by atoms with Gasteiger partial charge < -0.3 is 9.79 Å². The van der Waals surface area contributed by atoms with E-state index in [0.29, 0.717) is 0 Å². The molecule has 0 aromatic heterocycles. The van der Waals surface area contributed by atoms with Crippen LogP contribution in [0.4, 0.5) is 0 Å². The van der Waals surface area contributed by atoms with Crippen molar-refractivity contribution >= 4 is 15.1 Å². The number of phosphoric acid groups is 1. The Balaban J connectivity index is 0. The van der Waals surface area contributed by atoms with Crippen LogP contribution < -0.4 is 0 Å². The van der Waals surface area contributed by atoms with Crippen molar-refractivity contribution in [2.45, 2.75) is 6.92 Å². The van der Waals surface area contributed by atoms with E-state index in [0.717, 1.165) is 0 Å². The van der Waals surface area contributed by atoms with E-state index in [1.807, 2.05) is 0 Å². The van der Waals surface area contributed by atoms with Gasteiger partial charge in [-0.1, -0.05) is 0 Å². The fourth-order valence-corrected chi connectivity index (χ4v) is 0.505. The molecule has 0 heterocycles. The summed E-state index contributed by atoms with van der Waals surface area (Å²) in [5.41, 5.74) is 0. The van der Waals surface area contributed by atoms with E-state index in [1.54, 1.807) is 0 Å². The van der Waals surface area contributed by atoms with Crippen molar-refractivity contribution in [1.29, 1.82) is 0 Å². The summed E-state index contributed by atoms with van der Waals surface area (Å²) < 4.78 is 13.6. The average Bonchev–Trinajstić information content (AvgIpc) is 1.54. The van der Waals surface area contributed by atoms with Crippen molar-refractivity contribution in [1.82, 2.24) is 0 Å². The average molecular weight is 218 g/mol. The fraction of sp³-hybridized carbons (Fsp3) is 1.00. The zero-order chi connectivity index (χ0) is 10.4. The van der Waals surface area contributed by atoms with Crippen LogP contribution in [0.2, 0.25) is 0 Å². The third-order valence-corrected chi connectivity index (χ3v) is 0.892. The molecule has 0 amide bonds. The van der Waals surface area contributed by atoms with Crippen LogP contribution in [0.1, 0.15) is 6.92 Å². The van der Waals surface area contributed by atoms with Gasteiger partial charge in [-0.2, -0.15) is 0 Å². The molecule has 0 spiro atoms. The first-order valence-electron chi connectivity index (χ1n) is 3.76. The number of phosphoric ester groups is 1. The van der Waals surface area contributed by atoms with E-state index >= 15 is 0 Å². The molecular weight excluding hydrogens is 198 g/mol. The zero-order valence-corrected chi connectivity index (χ0v) is 10.3. The Labute approximate surface area is 74.9 Å². The Morgan fingerprint density at radius 1 is 1.25 bits per heavy atom. The van der Waals surface area contributed by atoms with Crippen molar-refractivity contribution in [2.24, 2.45) is 0 Å². The third kappa shape index (κ3) is 46.5. The van der Waals surface area contributed by atoms with Crippen molar-refractivity contribution in [3.05, 3.63) is 0 Å². The SMILES string of the molecule is CCOP(=O)(O)O.C[PH](C)(C)C. The molecule has 0 aromatic rings. The van der Waals surface area contributed by atoms with E-state index in [4.69, 9.17) is 9.79 Å². The summed E-state index contributed by atoms with van der Waals surface area (Å²) >= 11 is 0. The molecule has 0 aliphatic carbocycles. The summed E-state index contributed by atoms with van der Waals surface area (Å²) in [6, 6.07) is 0. The van der Waals surface area contributed by atoms with Crippen LogP contribution >= 0.6 is 15.1 Å². The molecule has 4 nitrogen and oxygen atoms in total. The summed E-state index contributed by atoms with van der Waals surface area (Å²) in [6.45, 7) is 10.9. The van der Waals surface area contributed by atoms with E-state index in [-0.39, 0.29) is 6.61 Å². The van der Waals surface area contributed by atoms with Gasteiger partial charge in [-0.05, 0) is 6.92 Å². The maximum absolute atomic E-state index is 9.70. The van der Waals surface area contributed by atoms with Gasteiger partial charge in [-0.15, -0.1) is 0 Å². The first-order chi connectivity index (χ1) is 5.06. The molecule has 0 unspecified atom stereocenters. The van der Waals surface area contributed by atoms with Gasteiger partial charge >= 0.3 is 41.7 Å². The number of rotatable bonds is 2. The van der Waals surface area contributed by atoms with Crippen LogP contribution in [0.5, 0.6) is 0 Å². The van der Waals surface area contributed by atoms with Crippen LogP contribution in [0.25, 0.3) is 0 Å². The topological polar surface area (TPSA) is 66.8 Å². The predicted octanol–water partition coefficient (Wildman–Crippen LogP) is 1.37. The standard InChI is InChI=1S/C4H13P.C2H7O4P/c1-5(2,3)4;1-2-6-7(3,4)5/h5H,1-4H3;2H2,1H3,(H2,3,4,5). The van der Waals surface area contributed by atoms with E-state index < -0.39 is 15.1 Å². The molecule has 0 saturated heterocycles. The Kier molecular flexibility index (Phi) is 7.60. The van der Waals surface area contributed by atoms with E-state index in [9.17, 15) is 4.57 Å². The van der Waals surface area contributed by atoms with Crippen molar-refractivity contribution in [2.75, 3.05) is 33.3 Å². The molecule has 78 valence electrons. The zero-order valence-electron chi connectivity index (χ0n) is 8.37. The van der Waals surface area contributed by atoms with Gasteiger partial charge in [0.15, 0.2) is 0 Å². The summed E-state index contributed by atoms with van der Waals surface area (Å²) in [4.78, 5) is 15.8. The monoisotopic (exact) mass is 218 g/mol. The second-order valence-corrected chi connectivity index (χ2v) is 11.1. The van der Waals surface area contributed by atoms with E-state index in [2.05, 4.69) is 31.2 Å². The summed E-state index contributed by atoms with van der Waals surface area (Å²) in [7, 11) is -4.78.